The van der Waals surface area contributed by atoms with Crippen LogP contribution >= 0.6 is 0 Å². The minimum absolute atomic E-state index is 0.853. The van der Waals surface area contributed by atoms with Gasteiger partial charge in [0, 0.05) is 11.9 Å². The van der Waals surface area contributed by atoms with E-state index in [2.05, 4.69) is 18.0 Å². The molecule has 1 aliphatic carbocycles. The molecule has 1 aliphatic rings. The van der Waals surface area contributed by atoms with Gasteiger partial charge in [-0.05, 0) is 36.8 Å². The molecule has 1 aromatic heterocycles. The lowest BCUT2D eigenvalue weighted by Crippen LogP contribution is -2.12. The lowest BCUT2D eigenvalue weighted by atomic mass is 9.88. The Balaban J connectivity index is 0.000000396. The predicted molar refractivity (Wildman–Crippen MR) is 56.8 cm³/mol. The molecule has 0 saturated carbocycles. The molecule has 0 fully saturated rings. The van der Waals surface area contributed by atoms with Crippen LogP contribution in [0.15, 0.2) is 18.3 Å². The Bertz CT molecular complexity index is 255. The first-order chi connectivity index (χ1) is 6.36. The number of rotatable bonds is 0. The summed E-state index contributed by atoms with van der Waals surface area (Å²) >= 11 is 0. The summed E-state index contributed by atoms with van der Waals surface area (Å²) in [4.78, 5) is 4.35. The van der Waals surface area contributed by atoms with Gasteiger partial charge in [-0.3, -0.25) is 4.98 Å². The molecular formula is C12H19N. The molecule has 1 aromatic rings. The van der Waals surface area contributed by atoms with E-state index in [0.717, 1.165) is 5.92 Å². The van der Waals surface area contributed by atoms with Gasteiger partial charge >= 0.3 is 0 Å². The van der Waals surface area contributed by atoms with Crippen LogP contribution in [0.5, 0.6) is 0 Å². The number of aryl methyl sites for hydroxylation is 1. The summed E-state index contributed by atoms with van der Waals surface area (Å²) in [6, 6.07) is 4.24. The fourth-order valence-corrected chi connectivity index (χ4v) is 1.74. The fourth-order valence-electron chi connectivity index (χ4n) is 1.74. The first kappa shape index (κ1) is 10.2. The lowest BCUT2D eigenvalue weighted by Gasteiger charge is -2.19. The molecule has 0 spiro atoms. The molecule has 0 aromatic carbocycles. The Morgan fingerprint density at radius 2 is 2.15 bits per heavy atom. The number of aromatic nitrogens is 1. The minimum Gasteiger partial charge on any atom is -0.261 e. The SMILES string of the molecule is CC.CC1CCc2ncccc2C1. The number of fused-ring (bicyclic) bond motifs is 1. The van der Waals surface area contributed by atoms with E-state index in [1.807, 2.05) is 26.1 Å². The Morgan fingerprint density at radius 1 is 1.38 bits per heavy atom. The van der Waals surface area contributed by atoms with Crippen LogP contribution in [-0.2, 0) is 12.8 Å². The second kappa shape index (κ2) is 5.00. The van der Waals surface area contributed by atoms with Crippen molar-refractivity contribution in [1.82, 2.24) is 4.98 Å². The normalized spacial score (nSPS) is 19.8. The number of nitrogens with zero attached hydrogens (tertiary/aromatic N) is 1. The van der Waals surface area contributed by atoms with Gasteiger partial charge < -0.3 is 0 Å². The van der Waals surface area contributed by atoms with E-state index in [9.17, 15) is 0 Å². The van der Waals surface area contributed by atoms with E-state index in [1.54, 1.807) is 0 Å². The smallest absolute Gasteiger partial charge is 0.0435 e. The maximum absolute atomic E-state index is 4.35. The van der Waals surface area contributed by atoms with Crippen LogP contribution in [-0.4, -0.2) is 4.98 Å². The van der Waals surface area contributed by atoms with Crippen LogP contribution in [0.3, 0.4) is 0 Å². The van der Waals surface area contributed by atoms with Crippen LogP contribution in [0, 0.1) is 5.92 Å². The zero-order valence-corrected chi connectivity index (χ0v) is 8.88. The van der Waals surface area contributed by atoms with Gasteiger partial charge in [-0.15, -0.1) is 0 Å². The predicted octanol–water partition coefficient (Wildman–Crippen LogP) is 3.23. The number of hydrogen-bond acceptors (Lipinski definition) is 1. The molecule has 72 valence electrons. The van der Waals surface area contributed by atoms with E-state index in [0.29, 0.717) is 0 Å². The second-order valence-corrected chi connectivity index (χ2v) is 3.46. The largest absolute Gasteiger partial charge is 0.261 e. The van der Waals surface area contributed by atoms with Gasteiger partial charge in [0.15, 0.2) is 0 Å². The molecule has 0 bridgehead atoms. The van der Waals surface area contributed by atoms with Crippen LogP contribution in [0.4, 0.5) is 0 Å². The Morgan fingerprint density at radius 3 is 2.92 bits per heavy atom. The molecule has 0 saturated heterocycles. The molecule has 0 radical (unpaired) electrons. The third-order valence-electron chi connectivity index (χ3n) is 2.43. The summed E-state index contributed by atoms with van der Waals surface area (Å²) < 4.78 is 0. The first-order valence-electron chi connectivity index (χ1n) is 5.29. The average molecular weight is 177 g/mol. The van der Waals surface area contributed by atoms with Gasteiger partial charge in [0.25, 0.3) is 0 Å². The standard InChI is InChI=1S/C10H13N.C2H6/c1-8-4-5-10-9(7-8)3-2-6-11-10;1-2/h2-3,6,8H,4-5,7H2,1H3;1-2H3. The summed E-state index contributed by atoms with van der Waals surface area (Å²) in [5.74, 6) is 0.853. The minimum atomic E-state index is 0.853. The van der Waals surface area contributed by atoms with Crippen LogP contribution in [0.1, 0.15) is 38.4 Å². The second-order valence-electron chi connectivity index (χ2n) is 3.46. The molecule has 1 atom stereocenters. The monoisotopic (exact) mass is 177 g/mol. The molecule has 1 heterocycles. The van der Waals surface area contributed by atoms with Crippen molar-refractivity contribution in [3.63, 3.8) is 0 Å². The Kier molecular flexibility index (Phi) is 3.94. The summed E-state index contributed by atoms with van der Waals surface area (Å²) in [6.07, 6.45) is 5.61. The highest BCUT2D eigenvalue weighted by molar-refractivity contribution is 5.22. The number of hydrogen-bond donors (Lipinski definition) is 0. The third kappa shape index (κ3) is 2.55. The lowest BCUT2D eigenvalue weighted by molar-refractivity contribution is 0.494. The van der Waals surface area contributed by atoms with E-state index >= 15 is 0 Å². The highest BCUT2D eigenvalue weighted by atomic mass is 14.7. The van der Waals surface area contributed by atoms with Gasteiger partial charge in [0.1, 0.15) is 0 Å². The molecule has 13 heavy (non-hydrogen) atoms. The molecule has 1 unspecified atom stereocenters. The molecule has 1 heteroatoms. The van der Waals surface area contributed by atoms with Gasteiger partial charge in [-0.1, -0.05) is 26.8 Å². The molecule has 2 rings (SSSR count). The van der Waals surface area contributed by atoms with E-state index < -0.39 is 0 Å². The third-order valence-corrected chi connectivity index (χ3v) is 2.43. The maximum Gasteiger partial charge on any atom is 0.0435 e. The van der Waals surface area contributed by atoms with Crippen molar-refractivity contribution >= 4 is 0 Å². The maximum atomic E-state index is 4.35. The van der Waals surface area contributed by atoms with Crippen molar-refractivity contribution in [2.75, 3.05) is 0 Å². The quantitative estimate of drug-likeness (QED) is 0.593. The van der Waals surface area contributed by atoms with Gasteiger partial charge in [-0.25, -0.2) is 0 Å². The molecule has 0 N–H and O–H groups in total. The van der Waals surface area contributed by atoms with Crippen molar-refractivity contribution in [3.8, 4) is 0 Å². The zero-order valence-electron chi connectivity index (χ0n) is 8.88. The number of pyridine rings is 1. The average Bonchev–Trinajstić information content (AvgIpc) is 2.21. The van der Waals surface area contributed by atoms with Crippen molar-refractivity contribution < 1.29 is 0 Å². The van der Waals surface area contributed by atoms with Gasteiger partial charge in [-0.2, -0.15) is 0 Å². The van der Waals surface area contributed by atoms with Crippen LogP contribution in [0.2, 0.25) is 0 Å². The molecule has 0 aliphatic heterocycles. The topological polar surface area (TPSA) is 12.9 Å². The fraction of sp³-hybridized carbons (Fsp3) is 0.583. The van der Waals surface area contributed by atoms with Crippen molar-refractivity contribution in [3.05, 3.63) is 29.6 Å². The highest BCUT2D eigenvalue weighted by Crippen LogP contribution is 2.22. The summed E-state index contributed by atoms with van der Waals surface area (Å²) in [6.45, 7) is 6.32. The van der Waals surface area contributed by atoms with Crippen LogP contribution in [0.25, 0.3) is 0 Å². The van der Waals surface area contributed by atoms with E-state index in [-0.39, 0.29) is 0 Å². The summed E-state index contributed by atoms with van der Waals surface area (Å²) in [5, 5.41) is 0. The van der Waals surface area contributed by atoms with Crippen molar-refractivity contribution in [2.24, 2.45) is 5.92 Å². The van der Waals surface area contributed by atoms with E-state index in [1.165, 1.54) is 30.5 Å². The Labute approximate surface area is 81.2 Å². The molecular weight excluding hydrogens is 158 g/mol. The van der Waals surface area contributed by atoms with Crippen molar-refractivity contribution in [1.29, 1.82) is 0 Å². The first-order valence-corrected chi connectivity index (χ1v) is 5.29. The molecule has 0 amide bonds. The van der Waals surface area contributed by atoms with Crippen LogP contribution < -0.4 is 0 Å². The summed E-state index contributed by atoms with van der Waals surface area (Å²) in [7, 11) is 0. The highest BCUT2D eigenvalue weighted by Gasteiger charge is 2.14. The Hall–Kier alpha value is -0.850. The van der Waals surface area contributed by atoms with Gasteiger partial charge in [0.2, 0.25) is 0 Å². The van der Waals surface area contributed by atoms with Gasteiger partial charge in [0.05, 0.1) is 0 Å². The van der Waals surface area contributed by atoms with Crippen molar-refractivity contribution in [2.45, 2.75) is 40.0 Å². The zero-order chi connectivity index (χ0) is 9.68. The van der Waals surface area contributed by atoms with E-state index in [4.69, 9.17) is 0 Å². The summed E-state index contributed by atoms with van der Waals surface area (Å²) in [5.41, 5.74) is 2.79. The molecule has 1 nitrogen and oxygen atoms in total.